The molecule has 3 heterocycles. The molecule has 1 fully saturated rings. The zero-order chi connectivity index (χ0) is 18.3. The van der Waals surface area contributed by atoms with Gasteiger partial charge in [-0.05, 0) is 25.0 Å². The summed E-state index contributed by atoms with van der Waals surface area (Å²) in [5.74, 6) is -0.817. The molecule has 0 aliphatic carbocycles. The summed E-state index contributed by atoms with van der Waals surface area (Å²) in [4.78, 5) is 25.1. The molecule has 0 saturated carbocycles. The standard InChI is InChI=1S/C15H14F2N4O5/c16-15(17)25-10-4-3-9(6-11(10)26-15)18-13(22)21-5-1-2-8(7-21)12-19-20-14(23)24-12/h3-4,6,8H,1-2,5,7H2,(H,18,22)(H,20,23)/t8-/m0/s1. The lowest BCUT2D eigenvalue weighted by Gasteiger charge is -2.31. The van der Waals surface area contributed by atoms with E-state index in [1.807, 2.05) is 0 Å². The van der Waals surface area contributed by atoms with E-state index in [-0.39, 0.29) is 23.3 Å². The van der Waals surface area contributed by atoms with Gasteiger partial charge in [0, 0.05) is 24.8 Å². The Bertz CT molecular complexity index is 896. The number of hydrogen-bond donors (Lipinski definition) is 2. The zero-order valence-electron chi connectivity index (χ0n) is 13.3. The Balaban J connectivity index is 1.43. The summed E-state index contributed by atoms with van der Waals surface area (Å²) >= 11 is 0. The monoisotopic (exact) mass is 368 g/mol. The fourth-order valence-corrected chi connectivity index (χ4v) is 3.01. The first-order chi connectivity index (χ1) is 12.4. The number of aromatic amines is 1. The lowest BCUT2D eigenvalue weighted by atomic mass is 9.98. The number of alkyl halides is 2. The fraction of sp³-hybridized carbons (Fsp3) is 0.400. The van der Waals surface area contributed by atoms with E-state index in [9.17, 15) is 18.4 Å². The van der Waals surface area contributed by atoms with Crippen molar-refractivity contribution in [2.24, 2.45) is 0 Å². The summed E-state index contributed by atoms with van der Waals surface area (Å²) in [7, 11) is 0. The Hall–Kier alpha value is -3.11. The van der Waals surface area contributed by atoms with Crippen LogP contribution in [0, 0.1) is 0 Å². The summed E-state index contributed by atoms with van der Waals surface area (Å²) in [5.41, 5.74) is 0.295. The number of carbonyl (C=O) groups excluding carboxylic acids is 1. The lowest BCUT2D eigenvalue weighted by Crippen LogP contribution is -2.41. The van der Waals surface area contributed by atoms with Crippen LogP contribution in [-0.4, -0.2) is 40.5 Å². The third-order valence-corrected chi connectivity index (χ3v) is 4.17. The largest absolute Gasteiger partial charge is 0.586 e. The van der Waals surface area contributed by atoms with Gasteiger partial charge in [0.2, 0.25) is 5.89 Å². The summed E-state index contributed by atoms with van der Waals surface area (Å²) < 4.78 is 39.7. The number of rotatable bonds is 2. The number of halogens is 2. The second-order valence-electron chi connectivity index (χ2n) is 6.00. The van der Waals surface area contributed by atoms with Gasteiger partial charge < -0.3 is 24.1 Å². The second-order valence-corrected chi connectivity index (χ2v) is 6.00. The van der Waals surface area contributed by atoms with Crippen LogP contribution in [0.15, 0.2) is 27.4 Å². The number of H-pyrrole nitrogens is 1. The van der Waals surface area contributed by atoms with Crippen molar-refractivity contribution in [3.05, 3.63) is 34.6 Å². The van der Waals surface area contributed by atoms with Crippen LogP contribution in [-0.2, 0) is 0 Å². The predicted octanol–water partition coefficient (Wildman–Crippen LogP) is 2.10. The number of aromatic nitrogens is 2. The van der Waals surface area contributed by atoms with Gasteiger partial charge in [-0.15, -0.1) is 13.9 Å². The van der Waals surface area contributed by atoms with Crippen LogP contribution in [0.25, 0.3) is 0 Å². The molecule has 11 heteroatoms. The molecular weight excluding hydrogens is 354 g/mol. The molecule has 0 unspecified atom stereocenters. The molecule has 9 nitrogen and oxygen atoms in total. The number of anilines is 1. The Labute approximate surface area is 144 Å². The second kappa shape index (κ2) is 6.00. The van der Waals surface area contributed by atoms with Crippen LogP contribution in [0.3, 0.4) is 0 Å². The van der Waals surface area contributed by atoms with Gasteiger partial charge >= 0.3 is 18.1 Å². The van der Waals surface area contributed by atoms with E-state index in [2.05, 4.69) is 25.0 Å². The molecule has 0 radical (unpaired) electrons. The van der Waals surface area contributed by atoms with Crippen LogP contribution >= 0.6 is 0 Å². The molecule has 1 aromatic heterocycles. The summed E-state index contributed by atoms with van der Waals surface area (Å²) in [5, 5.41) is 8.64. The normalized spacial score (nSPS) is 20.8. The van der Waals surface area contributed by atoms with Gasteiger partial charge in [0.25, 0.3) is 0 Å². The molecule has 4 rings (SSSR count). The number of ether oxygens (including phenoxy) is 2. The molecule has 0 spiro atoms. The summed E-state index contributed by atoms with van der Waals surface area (Å²) in [6.07, 6.45) is -2.27. The molecular formula is C15H14F2N4O5. The van der Waals surface area contributed by atoms with E-state index in [0.29, 0.717) is 25.2 Å². The Kier molecular flexibility index (Phi) is 3.78. The highest BCUT2D eigenvalue weighted by molar-refractivity contribution is 5.89. The first kappa shape index (κ1) is 16.4. The smallest absolute Gasteiger partial charge is 0.395 e. The number of urea groups is 1. The molecule has 0 bridgehead atoms. The van der Waals surface area contributed by atoms with Crippen molar-refractivity contribution in [1.29, 1.82) is 0 Å². The van der Waals surface area contributed by atoms with Crippen LogP contribution in [0.1, 0.15) is 24.7 Å². The number of benzene rings is 1. The Morgan fingerprint density at radius 2 is 2.15 bits per heavy atom. The van der Waals surface area contributed by atoms with Gasteiger partial charge in [0.1, 0.15) is 0 Å². The van der Waals surface area contributed by atoms with Gasteiger partial charge in [-0.3, -0.25) is 0 Å². The van der Waals surface area contributed by atoms with Crippen LogP contribution in [0.2, 0.25) is 0 Å². The SMILES string of the molecule is O=C(Nc1ccc2c(c1)OC(F)(F)O2)N1CCC[C@H](c2n[nH]c(=O)o2)C1. The van der Waals surface area contributed by atoms with Crippen molar-refractivity contribution in [2.75, 3.05) is 18.4 Å². The van der Waals surface area contributed by atoms with E-state index >= 15 is 0 Å². The first-order valence-corrected chi connectivity index (χ1v) is 7.91. The number of carbonyl (C=O) groups is 1. The maximum absolute atomic E-state index is 13.0. The topological polar surface area (TPSA) is 110 Å². The highest BCUT2D eigenvalue weighted by Gasteiger charge is 2.43. The van der Waals surface area contributed by atoms with E-state index in [1.165, 1.54) is 18.2 Å². The van der Waals surface area contributed by atoms with Crippen LogP contribution < -0.4 is 20.5 Å². The lowest BCUT2D eigenvalue weighted by molar-refractivity contribution is -0.286. The number of fused-ring (bicyclic) bond motifs is 1. The molecule has 2 aliphatic heterocycles. The van der Waals surface area contributed by atoms with Crippen molar-refractivity contribution in [3.63, 3.8) is 0 Å². The average Bonchev–Trinajstić information content (AvgIpc) is 3.16. The number of nitrogens with one attached hydrogen (secondary N) is 2. The number of hydrogen-bond acceptors (Lipinski definition) is 6. The Morgan fingerprint density at radius 1 is 1.35 bits per heavy atom. The molecule has 1 saturated heterocycles. The van der Waals surface area contributed by atoms with Crippen molar-refractivity contribution < 1.29 is 27.5 Å². The quantitative estimate of drug-likeness (QED) is 0.840. The van der Waals surface area contributed by atoms with E-state index < -0.39 is 18.1 Å². The molecule has 1 aromatic carbocycles. The van der Waals surface area contributed by atoms with Crippen molar-refractivity contribution >= 4 is 11.7 Å². The van der Waals surface area contributed by atoms with Crippen LogP contribution in [0.4, 0.5) is 19.3 Å². The molecule has 2 aromatic rings. The highest BCUT2D eigenvalue weighted by Crippen LogP contribution is 2.42. The maximum atomic E-state index is 13.0. The summed E-state index contributed by atoms with van der Waals surface area (Å²) in [6, 6.07) is 3.60. The minimum Gasteiger partial charge on any atom is -0.395 e. The van der Waals surface area contributed by atoms with E-state index in [0.717, 1.165) is 6.42 Å². The van der Waals surface area contributed by atoms with E-state index in [4.69, 9.17) is 4.42 Å². The zero-order valence-corrected chi connectivity index (χ0v) is 13.3. The maximum Gasteiger partial charge on any atom is 0.586 e. The number of amides is 2. The van der Waals surface area contributed by atoms with Crippen LogP contribution in [0.5, 0.6) is 11.5 Å². The van der Waals surface area contributed by atoms with Gasteiger partial charge in [-0.2, -0.15) is 0 Å². The fourth-order valence-electron chi connectivity index (χ4n) is 3.01. The third kappa shape index (κ3) is 3.19. The minimum atomic E-state index is -3.71. The average molecular weight is 368 g/mol. The van der Waals surface area contributed by atoms with Crippen molar-refractivity contribution in [1.82, 2.24) is 15.1 Å². The Morgan fingerprint density at radius 3 is 2.92 bits per heavy atom. The predicted molar refractivity (Wildman–Crippen MR) is 82.3 cm³/mol. The molecule has 1 atom stereocenters. The van der Waals surface area contributed by atoms with Gasteiger partial charge in [-0.1, -0.05) is 0 Å². The minimum absolute atomic E-state index is 0.0976. The van der Waals surface area contributed by atoms with E-state index in [1.54, 1.807) is 4.90 Å². The molecule has 2 N–H and O–H groups in total. The molecule has 2 amide bonds. The molecule has 138 valence electrons. The third-order valence-electron chi connectivity index (χ3n) is 4.17. The first-order valence-electron chi connectivity index (χ1n) is 7.91. The van der Waals surface area contributed by atoms with Crippen molar-refractivity contribution in [3.8, 4) is 11.5 Å². The number of likely N-dealkylation sites (tertiary alicyclic amines) is 1. The summed E-state index contributed by atoms with van der Waals surface area (Å²) in [6.45, 7) is 0.835. The number of piperidine rings is 1. The molecule has 2 aliphatic rings. The molecule has 26 heavy (non-hydrogen) atoms. The van der Waals surface area contributed by atoms with Gasteiger partial charge in [-0.25, -0.2) is 14.7 Å². The van der Waals surface area contributed by atoms with Crippen molar-refractivity contribution in [2.45, 2.75) is 25.1 Å². The number of nitrogens with zero attached hydrogens (tertiary/aromatic N) is 2. The highest BCUT2D eigenvalue weighted by atomic mass is 19.3. The van der Waals surface area contributed by atoms with Gasteiger partial charge in [0.15, 0.2) is 11.5 Å². The van der Waals surface area contributed by atoms with Gasteiger partial charge in [0.05, 0.1) is 5.92 Å².